The lowest BCUT2D eigenvalue weighted by molar-refractivity contribution is -0.148. The van der Waals surface area contributed by atoms with Gasteiger partial charge in [0.15, 0.2) is 5.76 Å². The fourth-order valence-corrected chi connectivity index (χ4v) is 4.20. The van der Waals surface area contributed by atoms with Gasteiger partial charge in [0.25, 0.3) is 5.91 Å². The molecule has 22 heavy (non-hydrogen) atoms. The second-order valence-corrected chi connectivity index (χ2v) is 7.86. The number of rotatable bonds is 3. The van der Waals surface area contributed by atoms with E-state index in [1.54, 1.807) is 6.07 Å². The van der Waals surface area contributed by atoms with Gasteiger partial charge in [-0.05, 0) is 12.1 Å². The Labute approximate surface area is 127 Å². The highest BCUT2D eigenvalue weighted by Gasteiger charge is 2.60. The summed E-state index contributed by atoms with van der Waals surface area (Å²) >= 11 is 0. The minimum absolute atomic E-state index is 0.0153. The van der Waals surface area contributed by atoms with E-state index >= 15 is 0 Å². The van der Waals surface area contributed by atoms with Crippen LogP contribution in [0.5, 0.6) is 0 Å². The van der Waals surface area contributed by atoms with E-state index in [0.717, 1.165) is 6.26 Å². The summed E-state index contributed by atoms with van der Waals surface area (Å²) in [6, 6.07) is 3.11. The Morgan fingerprint density at radius 3 is 2.59 bits per heavy atom. The molecule has 1 N–H and O–H groups in total. The SMILES string of the molecule is CS(=O)(=O)N1C[C@@H]2CN(C(=O)c3ccco3)C[C@]2(C(=O)O)C1. The molecule has 3 heterocycles. The van der Waals surface area contributed by atoms with Crippen LogP contribution < -0.4 is 0 Å². The maximum atomic E-state index is 12.3. The first-order valence-electron chi connectivity index (χ1n) is 6.75. The van der Waals surface area contributed by atoms with Crippen LogP contribution in [-0.2, 0) is 14.8 Å². The molecule has 8 nitrogen and oxygen atoms in total. The van der Waals surface area contributed by atoms with Crippen molar-refractivity contribution in [1.29, 1.82) is 0 Å². The van der Waals surface area contributed by atoms with Crippen LogP contribution in [0.25, 0.3) is 0 Å². The Morgan fingerprint density at radius 1 is 1.36 bits per heavy atom. The second-order valence-electron chi connectivity index (χ2n) is 5.88. The van der Waals surface area contributed by atoms with Crippen LogP contribution in [0.15, 0.2) is 22.8 Å². The number of hydrogen-bond acceptors (Lipinski definition) is 5. The maximum absolute atomic E-state index is 12.3. The van der Waals surface area contributed by atoms with E-state index in [2.05, 4.69) is 0 Å². The Morgan fingerprint density at radius 2 is 2.09 bits per heavy atom. The van der Waals surface area contributed by atoms with Crippen LogP contribution in [-0.4, -0.2) is 67.0 Å². The van der Waals surface area contributed by atoms with E-state index in [-0.39, 0.29) is 37.8 Å². The zero-order valence-corrected chi connectivity index (χ0v) is 12.7. The van der Waals surface area contributed by atoms with Crippen molar-refractivity contribution in [2.45, 2.75) is 0 Å². The van der Waals surface area contributed by atoms with Gasteiger partial charge in [0.1, 0.15) is 5.41 Å². The molecule has 2 aliphatic heterocycles. The molecule has 0 radical (unpaired) electrons. The Balaban J connectivity index is 1.86. The van der Waals surface area contributed by atoms with Gasteiger partial charge >= 0.3 is 5.97 Å². The van der Waals surface area contributed by atoms with Crippen LogP contribution in [0.3, 0.4) is 0 Å². The molecule has 0 unspecified atom stereocenters. The number of likely N-dealkylation sites (tertiary alicyclic amines) is 1. The zero-order valence-electron chi connectivity index (χ0n) is 11.9. The molecular weight excluding hydrogens is 312 g/mol. The third kappa shape index (κ3) is 2.20. The van der Waals surface area contributed by atoms with Gasteiger partial charge in [-0.15, -0.1) is 0 Å². The Kier molecular flexibility index (Phi) is 3.29. The highest BCUT2D eigenvalue weighted by atomic mass is 32.2. The highest BCUT2D eigenvalue weighted by Crippen LogP contribution is 2.44. The van der Waals surface area contributed by atoms with Gasteiger partial charge in [0.05, 0.1) is 12.5 Å². The summed E-state index contributed by atoms with van der Waals surface area (Å²) < 4.78 is 29.6. The first kappa shape index (κ1) is 15.0. The lowest BCUT2D eigenvalue weighted by Crippen LogP contribution is -2.42. The predicted molar refractivity (Wildman–Crippen MR) is 74.6 cm³/mol. The Hall–Kier alpha value is -1.87. The van der Waals surface area contributed by atoms with Gasteiger partial charge in [0, 0.05) is 32.1 Å². The van der Waals surface area contributed by atoms with Crippen molar-refractivity contribution in [3.63, 3.8) is 0 Å². The van der Waals surface area contributed by atoms with Crippen molar-refractivity contribution < 1.29 is 27.5 Å². The number of hydrogen-bond donors (Lipinski definition) is 1. The first-order valence-corrected chi connectivity index (χ1v) is 8.60. The predicted octanol–water partition coefficient (Wildman–Crippen LogP) is -0.302. The standard InChI is InChI=1S/C13H16N2O6S/c1-22(19,20)15-6-9-5-14(7-13(9,8-15)12(17)18)11(16)10-3-2-4-21-10/h2-4,9H,5-8H2,1H3,(H,17,18)/t9-,13-/m0/s1. The summed E-state index contributed by atoms with van der Waals surface area (Å²) in [5.74, 6) is -1.71. The van der Waals surface area contributed by atoms with Crippen molar-refractivity contribution in [2.75, 3.05) is 32.4 Å². The normalized spacial score (nSPS) is 28.8. The van der Waals surface area contributed by atoms with Crippen molar-refractivity contribution >= 4 is 21.9 Å². The fourth-order valence-electron chi connectivity index (χ4n) is 3.28. The minimum Gasteiger partial charge on any atom is -0.481 e. The summed E-state index contributed by atoms with van der Waals surface area (Å²) in [5, 5.41) is 9.60. The van der Waals surface area contributed by atoms with E-state index in [1.807, 2.05) is 0 Å². The van der Waals surface area contributed by atoms with Crippen LogP contribution in [0, 0.1) is 11.3 Å². The molecule has 0 saturated carbocycles. The summed E-state index contributed by atoms with van der Waals surface area (Å²) in [4.78, 5) is 25.5. The van der Waals surface area contributed by atoms with Crippen LogP contribution in [0.1, 0.15) is 10.6 Å². The third-order valence-electron chi connectivity index (χ3n) is 4.49. The van der Waals surface area contributed by atoms with Crippen LogP contribution >= 0.6 is 0 Å². The molecule has 0 spiro atoms. The summed E-state index contributed by atoms with van der Waals surface area (Å²) in [6.45, 7) is 0.206. The summed E-state index contributed by atoms with van der Waals surface area (Å²) in [6.07, 6.45) is 2.44. The molecule has 0 aromatic carbocycles. The number of nitrogens with zero attached hydrogens (tertiary/aromatic N) is 2. The molecule has 2 atom stereocenters. The summed E-state index contributed by atoms with van der Waals surface area (Å²) in [5.41, 5.74) is -1.24. The second kappa shape index (κ2) is 4.82. The van der Waals surface area contributed by atoms with Gasteiger partial charge in [0.2, 0.25) is 10.0 Å². The maximum Gasteiger partial charge on any atom is 0.313 e. The van der Waals surface area contributed by atoms with Crippen molar-refractivity contribution in [1.82, 2.24) is 9.21 Å². The molecule has 3 rings (SSSR count). The molecule has 1 aromatic rings. The molecule has 9 heteroatoms. The molecule has 2 aliphatic rings. The summed E-state index contributed by atoms with van der Waals surface area (Å²) in [7, 11) is -3.45. The van der Waals surface area contributed by atoms with E-state index in [9.17, 15) is 23.1 Å². The lowest BCUT2D eigenvalue weighted by Gasteiger charge is -2.24. The molecule has 0 bridgehead atoms. The number of carbonyl (C=O) groups excluding carboxylic acids is 1. The van der Waals surface area contributed by atoms with Gasteiger partial charge in [-0.25, -0.2) is 12.7 Å². The fraction of sp³-hybridized carbons (Fsp3) is 0.538. The monoisotopic (exact) mass is 328 g/mol. The van der Waals surface area contributed by atoms with E-state index in [4.69, 9.17) is 4.42 Å². The number of aliphatic carboxylic acids is 1. The number of carboxylic acids is 1. The largest absolute Gasteiger partial charge is 0.481 e. The van der Waals surface area contributed by atoms with Crippen LogP contribution in [0.2, 0.25) is 0 Å². The molecular formula is C13H16N2O6S. The number of carboxylic acid groups (broad SMARTS) is 1. The average molecular weight is 328 g/mol. The molecule has 120 valence electrons. The molecule has 2 saturated heterocycles. The average Bonchev–Trinajstić information content (AvgIpc) is 3.10. The molecule has 2 fully saturated rings. The van der Waals surface area contributed by atoms with Crippen LogP contribution in [0.4, 0.5) is 0 Å². The smallest absolute Gasteiger partial charge is 0.313 e. The number of sulfonamides is 1. The van der Waals surface area contributed by atoms with E-state index in [1.165, 1.54) is 21.5 Å². The van der Waals surface area contributed by atoms with E-state index in [0.29, 0.717) is 0 Å². The number of amides is 1. The third-order valence-corrected chi connectivity index (χ3v) is 5.71. The molecule has 1 aromatic heterocycles. The number of fused-ring (bicyclic) bond motifs is 1. The van der Waals surface area contributed by atoms with Gasteiger partial charge < -0.3 is 14.4 Å². The number of furan rings is 1. The minimum atomic E-state index is -3.45. The highest BCUT2D eigenvalue weighted by molar-refractivity contribution is 7.88. The van der Waals surface area contributed by atoms with Crippen molar-refractivity contribution in [2.24, 2.45) is 11.3 Å². The van der Waals surface area contributed by atoms with Gasteiger partial charge in [-0.1, -0.05) is 0 Å². The van der Waals surface area contributed by atoms with Crippen molar-refractivity contribution in [3.05, 3.63) is 24.2 Å². The lowest BCUT2D eigenvalue weighted by atomic mass is 9.81. The van der Waals surface area contributed by atoms with Gasteiger partial charge in [-0.2, -0.15) is 0 Å². The first-order chi connectivity index (χ1) is 10.2. The Bertz CT molecular complexity index is 713. The molecule has 0 aliphatic carbocycles. The van der Waals surface area contributed by atoms with Crippen molar-refractivity contribution in [3.8, 4) is 0 Å². The topological polar surface area (TPSA) is 108 Å². The van der Waals surface area contributed by atoms with E-state index < -0.39 is 27.3 Å². The van der Waals surface area contributed by atoms with Gasteiger partial charge in [-0.3, -0.25) is 9.59 Å². The zero-order chi connectivity index (χ0) is 16.1. The number of carbonyl (C=O) groups is 2. The quantitative estimate of drug-likeness (QED) is 0.816. The molecule has 1 amide bonds.